The van der Waals surface area contributed by atoms with Gasteiger partial charge in [0.2, 0.25) is 0 Å². The van der Waals surface area contributed by atoms with Gasteiger partial charge in [0, 0.05) is 6.07 Å². The lowest BCUT2D eigenvalue weighted by molar-refractivity contribution is -0.384. The van der Waals surface area contributed by atoms with Crippen molar-refractivity contribution in [3.63, 3.8) is 0 Å². The molecule has 0 spiro atoms. The fraction of sp³-hybridized carbons (Fsp3) is 0. The van der Waals surface area contributed by atoms with Gasteiger partial charge >= 0.3 is 0 Å². The number of benzene rings is 2. The largest absolute Gasteiger partial charge is 0.508 e. The summed E-state index contributed by atoms with van der Waals surface area (Å²) in [6, 6.07) is 13.8. The van der Waals surface area contributed by atoms with Gasteiger partial charge in [-0.25, -0.2) is 0 Å². The van der Waals surface area contributed by atoms with Crippen LogP contribution in [-0.4, -0.2) is 10.0 Å². The second-order valence-corrected chi connectivity index (χ2v) is 3.23. The molecule has 0 saturated heterocycles. The zero-order valence-corrected chi connectivity index (χ0v) is 8.25. The molecule has 0 bridgehead atoms. The molecule has 0 aliphatic rings. The number of rotatable bonds is 2. The zero-order chi connectivity index (χ0) is 11.5. The zero-order valence-electron chi connectivity index (χ0n) is 8.25. The summed E-state index contributed by atoms with van der Waals surface area (Å²) in [7, 11) is 0. The van der Waals surface area contributed by atoms with Gasteiger partial charge in [0.15, 0.2) is 0 Å². The van der Waals surface area contributed by atoms with E-state index >= 15 is 0 Å². The minimum atomic E-state index is -0.477. The summed E-state index contributed by atoms with van der Waals surface area (Å²) in [5.41, 5.74) is 0.913. The van der Waals surface area contributed by atoms with Crippen molar-refractivity contribution in [2.75, 3.05) is 0 Å². The van der Waals surface area contributed by atoms with Crippen molar-refractivity contribution in [1.29, 1.82) is 0 Å². The van der Waals surface area contributed by atoms with Crippen molar-refractivity contribution < 1.29 is 10.0 Å². The van der Waals surface area contributed by atoms with Gasteiger partial charge < -0.3 is 5.11 Å². The van der Waals surface area contributed by atoms with Gasteiger partial charge in [-0.1, -0.05) is 24.3 Å². The minimum absolute atomic E-state index is 0.00199. The van der Waals surface area contributed by atoms with Crippen molar-refractivity contribution in [3.8, 4) is 16.9 Å². The molecule has 1 N–H and O–H groups in total. The van der Waals surface area contributed by atoms with Gasteiger partial charge in [-0.2, -0.15) is 0 Å². The van der Waals surface area contributed by atoms with Crippen LogP contribution in [-0.2, 0) is 0 Å². The van der Waals surface area contributed by atoms with Crippen LogP contribution in [0.2, 0.25) is 0 Å². The van der Waals surface area contributed by atoms with Gasteiger partial charge in [-0.3, -0.25) is 10.1 Å². The maximum Gasteiger partial charge on any atom is 0.277 e. The molecule has 0 amide bonds. The molecular weight excluding hydrogens is 206 g/mol. The predicted octanol–water partition coefficient (Wildman–Crippen LogP) is 2.77. The third-order valence-corrected chi connectivity index (χ3v) is 2.18. The lowest BCUT2D eigenvalue weighted by atomic mass is 10.0. The number of nitro benzene ring substituents is 1. The summed E-state index contributed by atoms with van der Waals surface area (Å²) in [4.78, 5) is 10.3. The summed E-state index contributed by atoms with van der Waals surface area (Å²) < 4.78 is 0. The number of nitro groups is 1. The van der Waals surface area contributed by atoms with Crippen molar-refractivity contribution >= 4 is 5.69 Å². The molecule has 0 aromatic heterocycles. The Bertz CT molecular complexity index is 523. The number of phenols is 1. The lowest BCUT2D eigenvalue weighted by Crippen LogP contribution is -1.91. The number of phenolic OH excluding ortho intramolecular Hbond substituents is 1. The Morgan fingerprint density at radius 1 is 1.25 bits per heavy atom. The average molecular weight is 214 g/mol. The number of aromatic hydroxyl groups is 1. The van der Waals surface area contributed by atoms with Crippen molar-refractivity contribution in [2.24, 2.45) is 0 Å². The van der Waals surface area contributed by atoms with E-state index in [4.69, 9.17) is 0 Å². The predicted molar refractivity (Wildman–Crippen MR) is 59.0 cm³/mol. The van der Waals surface area contributed by atoms with Crippen LogP contribution in [0.3, 0.4) is 0 Å². The molecule has 0 aliphatic carbocycles. The van der Waals surface area contributed by atoms with Crippen molar-refractivity contribution in [1.82, 2.24) is 0 Å². The summed E-state index contributed by atoms with van der Waals surface area (Å²) in [6.07, 6.45) is 0. The van der Waals surface area contributed by atoms with E-state index in [0.717, 1.165) is 0 Å². The highest BCUT2D eigenvalue weighted by Crippen LogP contribution is 2.32. The molecule has 79 valence electrons. The van der Waals surface area contributed by atoms with Crippen LogP contribution in [0.15, 0.2) is 42.5 Å². The first-order valence-corrected chi connectivity index (χ1v) is 4.63. The summed E-state index contributed by atoms with van der Waals surface area (Å²) >= 11 is 0. The standard InChI is InChI=1S/C12H8NO3/c14-10-6-7-12(13(15)16)11(8-10)9-4-2-1-3-5-9/h1-4,6-8,14H. The third-order valence-electron chi connectivity index (χ3n) is 2.18. The van der Waals surface area contributed by atoms with Crippen molar-refractivity contribution in [3.05, 3.63) is 58.6 Å². The van der Waals surface area contributed by atoms with Crippen LogP contribution < -0.4 is 0 Å². The Morgan fingerprint density at radius 2 is 2.06 bits per heavy atom. The van der Waals surface area contributed by atoms with Crippen LogP contribution >= 0.6 is 0 Å². The molecule has 4 nitrogen and oxygen atoms in total. The molecule has 0 saturated carbocycles. The van der Waals surface area contributed by atoms with Gasteiger partial charge in [0.1, 0.15) is 5.75 Å². The van der Waals surface area contributed by atoms with Crippen LogP contribution in [0.4, 0.5) is 5.69 Å². The first-order valence-electron chi connectivity index (χ1n) is 4.63. The Hall–Kier alpha value is -2.36. The molecule has 2 aromatic carbocycles. The lowest BCUT2D eigenvalue weighted by Gasteiger charge is -2.03. The van der Waals surface area contributed by atoms with E-state index in [1.807, 2.05) is 0 Å². The number of hydrogen-bond acceptors (Lipinski definition) is 3. The topological polar surface area (TPSA) is 63.4 Å². The molecular formula is C12H8NO3. The smallest absolute Gasteiger partial charge is 0.277 e. The molecule has 1 radical (unpaired) electrons. The van der Waals surface area contributed by atoms with Gasteiger partial charge in [0.05, 0.1) is 10.5 Å². The highest BCUT2D eigenvalue weighted by atomic mass is 16.6. The Kier molecular flexibility index (Phi) is 2.55. The van der Waals surface area contributed by atoms with E-state index < -0.39 is 4.92 Å². The number of hydrogen-bond donors (Lipinski definition) is 1. The number of nitrogens with zero attached hydrogens (tertiary/aromatic N) is 1. The normalized spacial score (nSPS) is 10.0. The molecule has 0 unspecified atom stereocenters. The van der Waals surface area contributed by atoms with E-state index in [9.17, 15) is 15.2 Å². The average Bonchev–Trinajstić information content (AvgIpc) is 2.29. The van der Waals surface area contributed by atoms with Gasteiger partial charge in [0.25, 0.3) is 5.69 Å². The first kappa shape index (κ1) is 10.2. The molecule has 16 heavy (non-hydrogen) atoms. The molecule has 0 fully saturated rings. The van der Waals surface area contributed by atoms with E-state index in [1.54, 1.807) is 24.3 Å². The Labute approximate surface area is 91.9 Å². The van der Waals surface area contributed by atoms with E-state index in [0.29, 0.717) is 11.1 Å². The van der Waals surface area contributed by atoms with Crippen LogP contribution in [0, 0.1) is 16.2 Å². The minimum Gasteiger partial charge on any atom is -0.508 e. The highest BCUT2D eigenvalue weighted by molar-refractivity contribution is 5.74. The molecule has 0 atom stereocenters. The molecule has 2 aromatic rings. The Balaban J connectivity index is 2.63. The highest BCUT2D eigenvalue weighted by Gasteiger charge is 2.15. The summed E-state index contributed by atoms with van der Waals surface area (Å²) in [5, 5.41) is 20.2. The second kappa shape index (κ2) is 4.02. The molecule has 2 rings (SSSR count). The van der Waals surface area contributed by atoms with Crippen molar-refractivity contribution in [2.45, 2.75) is 0 Å². The monoisotopic (exact) mass is 214 g/mol. The molecule has 0 heterocycles. The summed E-state index contributed by atoms with van der Waals surface area (Å²) in [6.45, 7) is 0. The fourth-order valence-electron chi connectivity index (χ4n) is 1.46. The maximum absolute atomic E-state index is 10.8. The maximum atomic E-state index is 10.8. The fourth-order valence-corrected chi connectivity index (χ4v) is 1.46. The van der Waals surface area contributed by atoms with Gasteiger partial charge in [-0.15, -0.1) is 0 Å². The SMILES string of the molecule is O=[N+]([O-])c1ccc(O)cc1-c1[c]cccc1. The van der Waals surface area contributed by atoms with Crippen LogP contribution in [0.1, 0.15) is 0 Å². The van der Waals surface area contributed by atoms with E-state index in [-0.39, 0.29) is 11.4 Å². The van der Waals surface area contributed by atoms with Crippen LogP contribution in [0.5, 0.6) is 5.75 Å². The molecule has 0 aliphatic heterocycles. The van der Waals surface area contributed by atoms with Crippen LogP contribution in [0.25, 0.3) is 11.1 Å². The van der Waals surface area contributed by atoms with Gasteiger partial charge in [-0.05, 0) is 23.8 Å². The Morgan fingerprint density at radius 3 is 2.69 bits per heavy atom. The third kappa shape index (κ3) is 1.86. The quantitative estimate of drug-likeness (QED) is 0.617. The summed E-state index contributed by atoms with van der Waals surface area (Å²) in [5.74, 6) is -0.00199. The second-order valence-electron chi connectivity index (χ2n) is 3.23. The van der Waals surface area contributed by atoms with E-state index in [2.05, 4.69) is 6.07 Å². The first-order chi connectivity index (χ1) is 7.68. The van der Waals surface area contributed by atoms with E-state index in [1.165, 1.54) is 18.2 Å². The molecule has 4 heteroatoms.